The lowest BCUT2D eigenvalue weighted by Gasteiger charge is -2.11. The standard InChI is InChI=1S/C21H20N6O3S/c1-11-16(12(2)27-18(22-11)9-20(30)26-27)8-19(29)25-21-24-17(10-31-21)14-4-6-15(7-5-14)23-13(3)28/h4-7,9-10H,8H2,1-3H3,(H,23,28)(H,26,30)(H,24,25,29). The zero-order valence-corrected chi connectivity index (χ0v) is 18.0. The number of aromatic amines is 1. The molecule has 1 aromatic carbocycles. The van der Waals surface area contributed by atoms with Gasteiger partial charge in [-0.3, -0.25) is 19.5 Å². The molecule has 3 aromatic heterocycles. The van der Waals surface area contributed by atoms with Gasteiger partial charge < -0.3 is 10.6 Å². The second-order valence-electron chi connectivity index (χ2n) is 7.10. The number of fused-ring (bicyclic) bond motifs is 1. The first-order valence-corrected chi connectivity index (χ1v) is 10.4. The van der Waals surface area contributed by atoms with E-state index >= 15 is 0 Å². The summed E-state index contributed by atoms with van der Waals surface area (Å²) in [4.78, 5) is 44.2. The number of amides is 2. The molecule has 9 nitrogen and oxygen atoms in total. The van der Waals surface area contributed by atoms with Crippen molar-refractivity contribution in [3.63, 3.8) is 0 Å². The van der Waals surface area contributed by atoms with E-state index in [1.807, 2.05) is 31.4 Å². The Bertz CT molecular complexity index is 1350. The molecule has 3 N–H and O–H groups in total. The van der Waals surface area contributed by atoms with Gasteiger partial charge >= 0.3 is 0 Å². The smallest absolute Gasteiger partial charge is 0.266 e. The quantitative estimate of drug-likeness (QED) is 0.444. The zero-order chi connectivity index (χ0) is 22.1. The van der Waals surface area contributed by atoms with Gasteiger partial charge in [0.15, 0.2) is 10.8 Å². The van der Waals surface area contributed by atoms with Crippen molar-refractivity contribution in [3.8, 4) is 11.3 Å². The number of rotatable bonds is 5. The van der Waals surface area contributed by atoms with Crippen LogP contribution in [0.5, 0.6) is 0 Å². The molecule has 0 bridgehead atoms. The van der Waals surface area contributed by atoms with Crippen molar-refractivity contribution in [1.29, 1.82) is 0 Å². The second-order valence-corrected chi connectivity index (χ2v) is 7.95. The maximum Gasteiger partial charge on any atom is 0.266 e. The van der Waals surface area contributed by atoms with Gasteiger partial charge in [-0.15, -0.1) is 11.3 Å². The van der Waals surface area contributed by atoms with Crippen molar-refractivity contribution in [1.82, 2.24) is 19.6 Å². The Labute approximate surface area is 181 Å². The molecule has 0 atom stereocenters. The van der Waals surface area contributed by atoms with Crippen molar-refractivity contribution in [2.24, 2.45) is 0 Å². The molecular weight excluding hydrogens is 416 g/mol. The van der Waals surface area contributed by atoms with Crippen LogP contribution in [0.15, 0.2) is 40.5 Å². The molecule has 3 heterocycles. The molecule has 0 aliphatic rings. The minimum atomic E-state index is -0.239. The van der Waals surface area contributed by atoms with Crippen molar-refractivity contribution >= 4 is 39.6 Å². The van der Waals surface area contributed by atoms with E-state index in [4.69, 9.17) is 0 Å². The summed E-state index contributed by atoms with van der Waals surface area (Å²) in [6, 6.07) is 8.74. The number of nitrogens with zero attached hydrogens (tertiary/aromatic N) is 3. The average molecular weight is 436 g/mol. The largest absolute Gasteiger partial charge is 0.326 e. The highest BCUT2D eigenvalue weighted by atomic mass is 32.1. The lowest BCUT2D eigenvalue weighted by atomic mass is 10.1. The van der Waals surface area contributed by atoms with E-state index in [1.165, 1.54) is 24.3 Å². The lowest BCUT2D eigenvalue weighted by molar-refractivity contribution is -0.116. The molecule has 0 aliphatic heterocycles. The molecule has 0 spiro atoms. The number of nitrogens with one attached hydrogen (secondary N) is 3. The predicted octanol–water partition coefficient (Wildman–Crippen LogP) is 2.90. The number of thiazole rings is 1. The topological polar surface area (TPSA) is 121 Å². The van der Waals surface area contributed by atoms with Gasteiger partial charge in [0, 0.05) is 46.6 Å². The van der Waals surface area contributed by atoms with E-state index in [0.717, 1.165) is 22.5 Å². The van der Waals surface area contributed by atoms with Crippen LogP contribution in [0.25, 0.3) is 16.9 Å². The van der Waals surface area contributed by atoms with E-state index in [9.17, 15) is 14.4 Å². The zero-order valence-electron chi connectivity index (χ0n) is 17.1. The number of aryl methyl sites for hydroxylation is 2. The van der Waals surface area contributed by atoms with Gasteiger partial charge in [0.1, 0.15) is 0 Å². The first-order chi connectivity index (χ1) is 14.8. The maximum atomic E-state index is 12.6. The predicted molar refractivity (Wildman–Crippen MR) is 119 cm³/mol. The van der Waals surface area contributed by atoms with Gasteiger partial charge in [-0.1, -0.05) is 12.1 Å². The van der Waals surface area contributed by atoms with Crippen LogP contribution in [-0.2, 0) is 16.0 Å². The third-order valence-corrected chi connectivity index (χ3v) is 5.55. The summed E-state index contributed by atoms with van der Waals surface area (Å²) in [5, 5.41) is 10.6. The number of benzene rings is 1. The number of carbonyl (C=O) groups excluding carboxylic acids is 2. The van der Waals surface area contributed by atoms with Crippen molar-refractivity contribution in [2.45, 2.75) is 27.2 Å². The minimum absolute atomic E-state index is 0.112. The molecule has 158 valence electrons. The summed E-state index contributed by atoms with van der Waals surface area (Å²) in [6.45, 7) is 5.11. The van der Waals surface area contributed by atoms with Crippen molar-refractivity contribution < 1.29 is 9.59 Å². The van der Waals surface area contributed by atoms with Crippen LogP contribution < -0.4 is 16.2 Å². The normalized spacial score (nSPS) is 10.9. The summed E-state index contributed by atoms with van der Waals surface area (Å²) in [7, 11) is 0. The molecule has 31 heavy (non-hydrogen) atoms. The number of anilines is 2. The Morgan fingerprint density at radius 1 is 1.13 bits per heavy atom. The van der Waals surface area contributed by atoms with E-state index in [-0.39, 0.29) is 23.8 Å². The Hall–Kier alpha value is -3.79. The molecule has 4 rings (SSSR count). The molecule has 4 aromatic rings. The van der Waals surface area contributed by atoms with Crippen LogP contribution in [-0.4, -0.2) is 31.4 Å². The minimum Gasteiger partial charge on any atom is -0.326 e. The third-order valence-electron chi connectivity index (χ3n) is 4.79. The average Bonchev–Trinajstić information content (AvgIpc) is 3.31. The van der Waals surface area contributed by atoms with Crippen LogP contribution in [0.1, 0.15) is 23.9 Å². The van der Waals surface area contributed by atoms with Crippen LogP contribution in [0, 0.1) is 13.8 Å². The van der Waals surface area contributed by atoms with Gasteiger partial charge in [-0.2, -0.15) is 0 Å². The Kier molecular flexibility index (Phi) is 5.38. The molecule has 2 amide bonds. The van der Waals surface area contributed by atoms with E-state index in [0.29, 0.717) is 22.2 Å². The van der Waals surface area contributed by atoms with Crippen molar-refractivity contribution in [2.75, 3.05) is 10.6 Å². The van der Waals surface area contributed by atoms with E-state index in [2.05, 4.69) is 25.7 Å². The first-order valence-electron chi connectivity index (χ1n) is 9.51. The number of hydrogen-bond donors (Lipinski definition) is 3. The number of carbonyl (C=O) groups is 2. The Balaban J connectivity index is 1.48. The molecular formula is C21H20N6O3S. The Morgan fingerprint density at radius 2 is 1.87 bits per heavy atom. The van der Waals surface area contributed by atoms with Crippen LogP contribution in [0.4, 0.5) is 10.8 Å². The van der Waals surface area contributed by atoms with Gasteiger partial charge in [0.2, 0.25) is 11.8 Å². The SMILES string of the molecule is CC(=O)Nc1ccc(-c2csc(NC(=O)Cc3c(C)nc4cc(=O)[nH]n4c3C)n2)cc1. The van der Waals surface area contributed by atoms with Crippen LogP contribution >= 0.6 is 11.3 Å². The van der Waals surface area contributed by atoms with Crippen LogP contribution in [0.2, 0.25) is 0 Å². The fourth-order valence-electron chi connectivity index (χ4n) is 3.33. The molecule has 0 fully saturated rings. The second kappa shape index (κ2) is 8.15. The number of H-pyrrole nitrogens is 1. The van der Waals surface area contributed by atoms with E-state index < -0.39 is 0 Å². The first kappa shape index (κ1) is 20.5. The monoisotopic (exact) mass is 436 g/mol. The van der Waals surface area contributed by atoms with Gasteiger partial charge in [-0.05, 0) is 26.0 Å². The summed E-state index contributed by atoms with van der Waals surface area (Å²) in [5.41, 5.74) is 4.82. The van der Waals surface area contributed by atoms with E-state index in [1.54, 1.807) is 16.6 Å². The summed E-state index contributed by atoms with van der Waals surface area (Å²) in [5.74, 6) is -0.349. The van der Waals surface area contributed by atoms with Gasteiger partial charge in [0.05, 0.1) is 12.1 Å². The molecule has 10 heteroatoms. The molecule has 0 saturated carbocycles. The number of aromatic nitrogens is 4. The molecule has 0 radical (unpaired) electrons. The van der Waals surface area contributed by atoms with Gasteiger partial charge in [0.25, 0.3) is 5.56 Å². The summed E-state index contributed by atoms with van der Waals surface area (Å²) in [6.07, 6.45) is 0.112. The number of hydrogen-bond acceptors (Lipinski definition) is 6. The van der Waals surface area contributed by atoms with Gasteiger partial charge in [-0.25, -0.2) is 14.5 Å². The highest BCUT2D eigenvalue weighted by molar-refractivity contribution is 7.14. The summed E-state index contributed by atoms with van der Waals surface area (Å²) >= 11 is 1.33. The highest BCUT2D eigenvalue weighted by Crippen LogP contribution is 2.26. The fraction of sp³-hybridized carbons (Fsp3) is 0.190. The molecule has 0 saturated heterocycles. The van der Waals surface area contributed by atoms with Crippen LogP contribution in [0.3, 0.4) is 0 Å². The Morgan fingerprint density at radius 3 is 2.58 bits per heavy atom. The fourth-order valence-corrected chi connectivity index (χ4v) is 4.06. The third kappa shape index (κ3) is 4.38. The summed E-state index contributed by atoms with van der Waals surface area (Å²) < 4.78 is 1.59. The lowest BCUT2D eigenvalue weighted by Crippen LogP contribution is -2.17. The maximum absolute atomic E-state index is 12.6. The highest BCUT2D eigenvalue weighted by Gasteiger charge is 2.15. The molecule has 0 aliphatic carbocycles. The van der Waals surface area contributed by atoms with Crippen molar-refractivity contribution in [3.05, 3.63) is 63.0 Å². The molecule has 0 unspecified atom stereocenters.